The van der Waals surface area contributed by atoms with Crippen LogP contribution in [0.3, 0.4) is 0 Å². The zero-order chi connectivity index (χ0) is 22.7. The van der Waals surface area contributed by atoms with Gasteiger partial charge < -0.3 is 10.1 Å². The smallest absolute Gasteiger partial charge is 0.265 e. The first kappa shape index (κ1) is 22.1. The predicted molar refractivity (Wildman–Crippen MR) is 121 cm³/mol. The Labute approximate surface area is 188 Å². The molecule has 0 radical (unpaired) electrons. The van der Waals surface area contributed by atoms with Crippen LogP contribution in [0.2, 0.25) is 0 Å². The number of rotatable bonds is 6. The molecule has 170 valence electrons. The number of anilines is 2. The van der Waals surface area contributed by atoms with E-state index in [1.54, 1.807) is 30.3 Å². The number of carbonyl (C=O) groups excluding carboxylic acids is 2. The van der Waals surface area contributed by atoms with Crippen molar-refractivity contribution in [1.29, 1.82) is 0 Å². The van der Waals surface area contributed by atoms with Gasteiger partial charge in [0.15, 0.2) is 6.61 Å². The highest BCUT2D eigenvalue weighted by molar-refractivity contribution is 7.92. The second-order valence-electron chi connectivity index (χ2n) is 8.31. The molecule has 1 aliphatic carbocycles. The largest absolute Gasteiger partial charge is 0.482 e. The summed E-state index contributed by atoms with van der Waals surface area (Å²) in [4.78, 5) is 26.6. The van der Waals surface area contributed by atoms with Gasteiger partial charge in [-0.15, -0.1) is 0 Å². The van der Waals surface area contributed by atoms with Crippen molar-refractivity contribution in [2.24, 2.45) is 5.92 Å². The number of para-hydroxylation sites is 1. The molecule has 2 unspecified atom stereocenters. The maximum absolute atomic E-state index is 12.9. The highest BCUT2D eigenvalue weighted by Crippen LogP contribution is 2.34. The van der Waals surface area contributed by atoms with Crippen molar-refractivity contribution in [3.8, 4) is 5.75 Å². The summed E-state index contributed by atoms with van der Waals surface area (Å²) < 4.78 is 33.7. The fraction of sp³-hybridized carbons (Fsp3) is 0.391. The molecule has 2 aromatic rings. The van der Waals surface area contributed by atoms with Crippen LogP contribution in [0.5, 0.6) is 5.75 Å². The van der Waals surface area contributed by atoms with Crippen LogP contribution < -0.4 is 19.7 Å². The quantitative estimate of drug-likeness (QED) is 0.694. The summed E-state index contributed by atoms with van der Waals surface area (Å²) in [5, 5.41) is 3.04. The zero-order valence-electron chi connectivity index (χ0n) is 17.9. The first-order chi connectivity index (χ1) is 15.3. The fourth-order valence-corrected chi connectivity index (χ4v) is 5.25. The average Bonchev–Trinajstić information content (AvgIpc) is 2.77. The van der Waals surface area contributed by atoms with E-state index < -0.39 is 15.9 Å². The number of sulfonamides is 1. The molecule has 1 fully saturated rings. The molecule has 9 heteroatoms. The number of hydrogen-bond donors (Lipinski definition) is 2. The molecule has 8 nitrogen and oxygen atoms in total. The molecule has 4 rings (SSSR count). The van der Waals surface area contributed by atoms with E-state index in [1.165, 1.54) is 23.1 Å². The second-order valence-corrected chi connectivity index (χ2v) is 9.99. The Kier molecular flexibility index (Phi) is 6.36. The monoisotopic (exact) mass is 457 g/mol. The molecule has 1 aliphatic heterocycles. The van der Waals surface area contributed by atoms with Crippen molar-refractivity contribution in [2.45, 2.75) is 43.5 Å². The van der Waals surface area contributed by atoms with E-state index >= 15 is 0 Å². The number of hydrogen-bond acceptors (Lipinski definition) is 5. The van der Waals surface area contributed by atoms with E-state index in [1.807, 2.05) is 0 Å². The molecule has 0 bridgehead atoms. The molecule has 2 N–H and O–H groups in total. The van der Waals surface area contributed by atoms with E-state index in [9.17, 15) is 18.0 Å². The predicted octanol–water partition coefficient (Wildman–Crippen LogP) is 2.91. The van der Waals surface area contributed by atoms with E-state index in [0.717, 1.165) is 25.7 Å². The topological polar surface area (TPSA) is 105 Å². The van der Waals surface area contributed by atoms with Crippen LogP contribution in [-0.4, -0.2) is 39.4 Å². The Hall–Kier alpha value is -3.07. The number of fused-ring (bicyclic) bond motifs is 1. The van der Waals surface area contributed by atoms with Crippen LogP contribution in [0.1, 0.15) is 32.6 Å². The molecule has 0 spiro atoms. The lowest BCUT2D eigenvalue weighted by Gasteiger charge is -2.32. The number of nitrogens with zero attached hydrogens (tertiary/aromatic N) is 1. The van der Waals surface area contributed by atoms with Gasteiger partial charge in [0.05, 0.1) is 10.6 Å². The summed E-state index contributed by atoms with van der Waals surface area (Å²) in [6, 6.07) is 12.9. The number of amides is 2. The van der Waals surface area contributed by atoms with Crippen LogP contribution in [-0.2, 0) is 19.6 Å². The van der Waals surface area contributed by atoms with Crippen LogP contribution in [0.25, 0.3) is 0 Å². The van der Waals surface area contributed by atoms with Crippen LogP contribution in [0, 0.1) is 5.92 Å². The van der Waals surface area contributed by atoms with Crippen LogP contribution in [0.15, 0.2) is 53.4 Å². The van der Waals surface area contributed by atoms with Gasteiger partial charge in [0, 0.05) is 11.7 Å². The third-order valence-corrected chi connectivity index (χ3v) is 7.35. The third-order valence-electron chi connectivity index (χ3n) is 5.97. The number of benzene rings is 2. The van der Waals surface area contributed by atoms with E-state index in [-0.39, 0.29) is 35.7 Å². The lowest BCUT2D eigenvalue weighted by atomic mass is 9.86. The van der Waals surface area contributed by atoms with Crippen molar-refractivity contribution in [3.05, 3.63) is 48.5 Å². The third kappa shape index (κ3) is 4.88. The molecule has 2 aliphatic rings. The molecule has 1 heterocycles. The summed E-state index contributed by atoms with van der Waals surface area (Å²) in [6.07, 6.45) is 4.23. The Balaban J connectivity index is 1.55. The van der Waals surface area contributed by atoms with Crippen LogP contribution in [0.4, 0.5) is 11.4 Å². The van der Waals surface area contributed by atoms with Gasteiger partial charge in [0.25, 0.3) is 15.9 Å². The van der Waals surface area contributed by atoms with Gasteiger partial charge in [-0.1, -0.05) is 38.0 Å². The Morgan fingerprint density at radius 1 is 1.12 bits per heavy atom. The lowest BCUT2D eigenvalue weighted by Crippen LogP contribution is -2.49. The number of carbonyl (C=O) groups is 2. The van der Waals surface area contributed by atoms with Crippen molar-refractivity contribution < 1.29 is 22.7 Å². The minimum Gasteiger partial charge on any atom is -0.482 e. The summed E-state index contributed by atoms with van der Waals surface area (Å²) in [6.45, 7) is 1.73. The summed E-state index contributed by atoms with van der Waals surface area (Å²) >= 11 is 0. The SMILES string of the molecule is CC1CCCCC1NC(=O)CN1C(=O)COc2ccc(S(=O)(=O)Nc3ccccc3)cc21. The summed E-state index contributed by atoms with van der Waals surface area (Å²) in [7, 11) is -3.89. The van der Waals surface area contributed by atoms with E-state index in [0.29, 0.717) is 17.4 Å². The molecular formula is C23H27N3O5S. The zero-order valence-corrected chi connectivity index (χ0v) is 18.7. The first-order valence-corrected chi connectivity index (χ1v) is 12.3. The Morgan fingerprint density at radius 3 is 2.62 bits per heavy atom. The van der Waals surface area contributed by atoms with Crippen molar-refractivity contribution in [1.82, 2.24) is 5.32 Å². The average molecular weight is 458 g/mol. The van der Waals surface area contributed by atoms with Gasteiger partial charge in [-0.25, -0.2) is 8.42 Å². The van der Waals surface area contributed by atoms with Gasteiger partial charge in [-0.05, 0) is 49.1 Å². The summed E-state index contributed by atoms with van der Waals surface area (Å²) in [5.74, 6) is 0.0961. The van der Waals surface area contributed by atoms with E-state index in [2.05, 4.69) is 17.0 Å². The normalized spacial score (nSPS) is 20.8. The van der Waals surface area contributed by atoms with Gasteiger partial charge in [-0.3, -0.25) is 19.2 Å². The van der Waals surface area contributed by atoms with Gasteiger partial charge in [0.1, 0.15) is 12.3 Å². The van der Waals surface area contributed by atoms with Crippen molar-refractivity contribution in [2.75, 3.05) is 22.8 Å². The lowest BCUT2D eigenvalue weighted by molar-refractivity contribution is -0.126. The van der Waals surface area contributed by atoms with Gasteiger partial charge >= 0.3 is 0 Å². The maximum Gasteiger partial charge on any atom is 0.265 e. The molecule has 1 saturated carbocycles. The summed E-state index contributed by atoms with van der Waals surface area (Å²) in [5.41, 5.74) is 0.694. The minimum atomic E-state index is -3.89. The Bertz CT molecular complexity index is 1100. The standard InChI is InChI=1S/C23H27N3O5S/c1-16-7-5-6-10-19(16)24-22(27)14-26-20-13-18(11-12-21(20)31-15-23(26)28)32(29,30)25-17-8-3-2-4-9-17/h2-4,8-9,11-13,16,19,25H,5-7,10,14-15H2,1H3,(H,24,27). The molecule has 2 amide bonds. The molecule has 0 aromatic heterocycles. The molecule has 2 aromatic carbocycles. The van der Waals surface area contributed by atoms with Crippen molar-refractivity contribution >= 4 is 33.2 Å². The van der Waals surface area contributed by atoms with E-state index in [4.69, 9.17) is 4.74 Å². The maximum atomic E-state index is 12.9. The van der Waals surface area contributed by atoms with Crippen molar-refractivity contribution in [3.63, 3.8) is 0 Å². The Morgan fingerprint density at radius 2 is 1.88 bits per heavy atom. The first-order valence-electron chi connectivity index (χ1n) is 10.8. The second kappa shape index (κ2) is 9.20. The van der Waals surface area contributed by atoms with Crippen LogP contribution >= 0.6 is 0 Å². The van der Waals surface area contributed by atoms with Gasteiger partial charge in [0.2, 0.25) is 5.91 Å². The molecular weight excluding hydrogens is 430 g/mol. The highest BCUT2D eigenvalue weighted by atomic mass is 32.2. The minimum absolute atomic E-state index is 0.0234. The number of ether oxygens (including phenoxy) is 1. The highest BCUT2D eigenvalue weighted by Gasteiger charge is 2.31. The van der Waals surface area contributed by atoms with Gasteiger partial charge in [-0.2, -0.15) is 0 Å². The molecule has 32 heavy (non-hydrogen) atoms. The molecule has 0 saturated heterocycles. The number of nitrogens with one attached hydrogen (secondary N) is 2. The molecule has 2 atom stereocenters. The fourth-order valence-electron chi connectivity index (χ4n) is 4.17.